The summed E-state index contributed by atoms with van der Waals surface area (Å²) in [5.74, 6) is 1.10. The molecule has 2 aliphatic heterocycles. The van der Waals surface area contributed by atoms with Crippen molar-refractivity contribution in [3.8, 4) is 0 Å². The minimum Gasteiger partial charge on any atom is -0.467 e. The number of amides is 1. The number of carbonyl (C=O) groups excluding carboxylic acids is 1. The summed E-state index contributed by atoms with van der Waals surface area (Å²) < 4.78 is 11.2. The van der Waals surface area contributed by atoms with E-state index in [-0.39, 0.29) is 17.9 Å². The van der Waals surface area contributed by atoms with E-state index in [1.165, 1.54) is 0 Å². The quantitative estimate of drug-likeness (QED) is 0.801. The van der Waals surface area contributed by atoms with Crippen LogP contribution >= 0.6 is 0 Å². The molecule has 0 aromatic carbocycles. The molecule has 3 atom stereocenters. The first kappa shape index (κ1) is 14.6. The number of fused-ring (bicyclic) bond motifs is 2. The molecule has 3 rings (SSSR count). The van der Waals surface area contributed by atoms with Crippen LogP contribution in [0.2, 0.25) is 0 Å². The highest BCUT2D eigenvalue weighted by Gasteiger charge is 2.45. The van der Waals surface area contributed by atoms with Crippen molar-refractivity contribution in [3.63, 3.8) is 0 Å². The monoisotopic (exact) mass is 292 g/mol. The summed E-state index contributed by atoms with van der Waals surface area (Å²) in [6.07, 6.45) is 5.14. The summed E-state index contributed by atoms with van der Waals surface area (Å²) in [7, 11) is 4.05. The molecule has 1 amide bonds. The average molecular weight is 292 g/mol. The van der Waals surface area contributed by atoms with E-state index in [0.29, 0.717) is 12.6 Å². The molecule has 2 fully saturated rings. The highest BCUT2D eigenvalue weighted by Crippen LogP contribution is 2.39. The van der Waals surface area contributed by atoms with Gasteiger partial charge in [-0.05, 0) is 45.5 Å². The van der Waals surface area contributed by atoms with Crippen molar-refractivity contribution < 1.29 is 13.9 Å². The zero-order chi connectivity index (χ0) is 14.8. The molecule has 2 saturated heterocycles. The smallest absolute Gasteiger partial charge is 0.228 e. The van der Waals surface area contributed by atoms with Gasteiger partial charge in [0.25, 0.3) is 0 Å². The number of furan rings is 1. The second-order valence-corrected chi connectivity index (χ2v) is 6.36. The molecule has 3 heterocycles. The summed E-state index contributed by atoms with van der Waals surface area (Å²) in [5, 5.41) is 0. The van der Waals surface area contributed by atoms with Gasteiger partial charge in [0.2, 0.25) is 5.91 Å². The molecule has 21 heavy (non-hydrogen) atoms. The highest BCUT2D eigenvalue weighted by atomic mass is 16.5. The number of nitrogens with zero attached hydrogens (tertiary/aromatic N) is 2. The Morgan fingerprint density at radius 2 is 2.19 bits per heavy atom. The maximum Gasteiger partial charge on any atom is 0.228 e. The SMILES string of the molecule is CN(C)CCN(Cc1ccco1)C(=O)C1CC2CCC1O2. The lowest BCUT2D eigenvalue weighted by Crippen LogP contribution is -2.42. The summed E-state index contributed by atoms with van der Waals surface area (Å²) in [5.41, 5.74) is 0. The first-order valence-corrected chi connectivity index (χ1v) is 7.75. The Hall–Kier alpha value is -1.33. The van der Waals surface area contributed by atoms with Gasteiger partial charge in [-0.25, -0.2) is 0 Å². The number of likely N-dealkylation sites (N-methyl/N-ethyl adjacent to an activating group) is 1. The van der Waals surface area contributed by atoms with Crippen LogP contribution in [-0.4, -0.2) is 55.1 Å². The Bertz CT molecular complexity index is 472. The van der Waals surface area contributed by atoms with Crippen LogP contribution in [0.15, 0.2) is 22.8 Å². The third-order valence-electron chi connectivity index (χ3n) is 4.48. The molecule has 1 aromatic heterocycles. The molecule has 0 aliphatic carbocycles. The van der Waals surface area contributed by atoms with Crippen molar-refractivity contribution in [2.24, 2.45) is 5.92 Å². The number of hydrogen-bond donors (Lipinski definition) is 0. The normalized spacial score (nSPS) is 27.5. The van der Waals surface area contributed by atoms with E-state index in [1.807, 2.05) is 31.1 Å². The molecular weight excluding hydrogens is 268 g/mol. The topological polar surface area (TPSA) is 45.9 Å². The van der Waals surface area contributed by atoms with Crippen LogP contribution in [0.3, 0.4) is 0 Å². The lowest BCUT2D eigenvalue weighted by molar-refractivity contribution is -0.138. The minimum absolute atomic E-state index is 0.0425. The van der Waals surface area contributed by atoms with Crippen molar-refractivity contribution in [2.45, 2.75) is 38.0 Å². The van der Waals surface area contributed by atoms with E-state index in [0.717, 1.165) is 38.1 Å². The number of hydrogen-bond acceptors (Lipinski definition) is 4. The molecule has 2 bridgehead atoms. The third kappa shape index (κ3) is 3.30. The second kappa shape index (κ2) is 6.20. The Labute approximate surface area is 125 Å². The van der Waals surface area contributed by atoms with Gasteiger partial charge in [0.05, 0.1) is 30.9 Å². The zero-order valence-electron chi connectivity index (χ0n) is 12.8. The molecule has 0 radical (unpaired) electrons. The van der Waals surface area contributed by atoms with Crippen molar-refractivity contribution >= 4 is 5.91 Å². The van der Waals surface area contributed by atoms with Gasteiger partial charge < -0.3 is 19.0 Å². The Morgan fingerprint density at radius 3 is 2.76 bits per heavy atom. The van der Waals surface area contributed by atoms with E-state index < -0.39 is 0 Å². The molecule has 0 saturated carbocycles. The van der Waals surface area contributed by atoms with Crippen molar-refractivity contribution in [1.29, 1.82) is 0 Å². The fourth-order valence-corrected chi connectivity index (χ4v) is 3.31. The second-order valence-electron chi connectivity index (χ2n) is 6.36. The highest BCUT2D eigenvalue weighted by molar-refractivity contribution is 5.80. The van der Waals surface area contributed by atoms with Gasteiger partial charge in [-0.1, -0.05) is 0 Å². The van der Waals surface area contributed by atoms with E-state index in [2.05, 4.69) is 4.90 Å². The van der Waals surface area contributed by atoms with Crippen molar-refractivity contribution in [1.82, 2.24) is 9.80 Å². The van der Waals surface area contributed by atoms with Gasteiger partial charge in [-0.2, -0.15) is 0 Å². The minimum atomic E-state index is 0.0425. The molecule has 2 aliphatic rings. The molecule has 5 heteroatoms. The fourth-order valence-electron chi connectivity index (χ4n) is 3.31. The standard InChI is InChI=1S/C16H24N2O3/c1-17(2)7-8-18(11-13-4-3-9-20-13)16(19)14-10-12-5-6-15(14)21-12/h3-4,9,12,14-15H,5-8,10-11H2,1-2H3. The largest absolute Gasteiger partial charge is 0.467 e. The molecule has 3 unspecified atom stereocenters. The first-order chi connectivity index (χ1) is 10.1. The van der Waals surface area contributed by atoms with E-state index in [4.69, 9.17) is 9.15 Å². The Balaban J connectivity index is 1.66. The van der Waals surface area contributed by atoms with Gasteiger partial charge in [0.1, 0.15) is 5.76 Å². The molecule has 0 spiro atoms. The van der Waals surface area contributed by atoms with Crippen LogP contribution < -0.4 is 0 Å². The zero-order valence-corrected chi connectivity index (χ0v) is 12.8. The van der Waals surface area contributed by atoms with Crippen LogP contribution in [0.5, 0.6) is 0 Å². The summed E-state index contributed by atoms with van der Waals surface area (Å²) in [6, 6.07) is 3.79. The summed E-state index contributed by atoms with van der Waals surface area (Å²) in [6.45, 7) is 2.13. The van der Waals surface area contributed by atoms with Crippen LogP contribution in [0.1, 0.15) is 25.0 Å². The van der Waals surface area contributed by atoms with Gasteiger partial charge in [-0.15, -0.1) is 0 Å². The average Bonchev–Trinajstić information content (AvgIpc) is 3.19. The first-order valence-electron chi connectivity index (χ1n) is 7.75. The number of rotatable bonds is 6. The van der Waals surface area contributed by atoms with Crippen LogP contribution in [0.25, 0.3) is 0 Å². The molecule has 0 N–H and O–H groups in total. The number of ether oxygens (including phenoxy) is 1. The van der Waals surface area contributed by atoms with E-state index in [1.54, 1.807) is 6.26 Å². The van der Waals surface area contributed by atoms with Crippen molar-refractivity contribution in [3.05, 3.63) is 24.2 Å². The Morgan fingerprint density at radius 1 is 1.33 bits per heavy atom. The predicted molar refractivity (Wildman–Crippen MR) is 78.7 cm³/mol. The van der Waals surface area contributed by atoms with Crippen LogP contribution in [0.4, 0.5) is 0 Å². The maximum absolute atomic E-state index is 12.9. The van der Waals surface area contributed by atoms with Crippen LogP contribution in [0, 0.1) is 5.92 Å². The molecule has 1 aromatic rings. The van der Waals surface area contributed by atoms with E-state index in [9.17, 15) is 4.79 Å². The lowest BCUT2D eigenvalue weighted by atomic mass is 9.88. The van der Waals surface area contributed by atoms with Gasteiger partial charge in [-0.3, -0.25) is 4.79 Å². The number of carbonyl (C=O) groups is 1. The van der Waals surface area contributed by atoms with E-state index >= 15 is 0 Å². The van der Waals surface area contributed by atoms with Crippen molar-refractivity contribution in [2.75, 3.05) is 27.2 Å². The molecule has 116 valence electrons. The van der Waals surface area contributed by atoms with Crippen LogP contribution in [-0.2, 0) is 16.1 Å². The fraction of sp³-hybridized carbons (Fsp3) is 0.688. The summed E-state index contributed by atoms with van der Waals surface area (Å²) in [4.78, 5) is 16.9. The van der Waals surface area contributed by atoms with Gasteiger partial charge >= 0.3 is 0 Å². The molecule has 5 nitrogen and oxygen atoms in total. The molecular formula is C16H24N2O3. The van der Waals surface area contributed by atoms with Gasteiger partial charge in [0.15, 0.2) is 0 Å². The lowest BCUT2D eigenvalue weighted by Gasteiger charge is -2.28. The van der Waals surface area contributed by atoms with Gasteiger partial charge in [0, 0.05) is 13.1 Å². The third-order valence-corrected chi connectivity index (χ3v) is 4.48. The maximum atomic E-state index is 12.9. The summed E-state index contributed by atoms with van der Waals surface area (Å²) >= 11 is 0. The Kier molecular flexibility index (Phi) is 4.31. The predicted octanol–water partition coefficient (Wildman–Crippen LogP) is 1.74.